The molecule has 1 fully saturated rings. The number of rotatable bonds is 7. The van der Waals surface area contributed by atoms with Crippen LogP contribution in [0.15, 0.2) is 46.3 Å². The van der Waals surface area contributed by atoms with Gasteiger partial charge in [0.1, 0.15) is 0 Å². The van der Waals surface area contributed by atoms with Gasteiger partial charge in [-0.05, 0) is 30.0 Å². The van der Waals surface area contributed by atoms with Crippen LogP contribution in [0.4, 0.5) is 11.4 Å². The molecular formula is C20H22N4O3S. The lowest BCUT2D eigenvalue weighted by molar-refractivity contribution is -0.116. The van der Waals surface area contributed by atoms with Crippen LogP contribution in [0, 0.1) is 0 Å². The maximum Gasteiger partial charge on any atom is 0.226 e. The van der Waals surface area contributed by atoms with Crippen LogP contribution in [0.2, 0.25) is 0 Å². The monoisotopic (exact) mass is 398 g/mol. The summed E-state index contributed by atoms with van der Waals surface area (Å²) in [4.78, 5) is 20.0. The molecule has 0 spiro atoms. The summed E-state index contributed by atoms with van der Waals surface area (Å²) >= 11 is 1.57. The van der Waals surface area contributed by atoms with Gasteiger partial charge in [0.05, 0.1) is 29.5 Å². The van der Waals surface area contributed by atoms with Crippen molar-refractivity contribution in [2.75, 3.05) is 36.5 Å². The van der Waals surface area contributed by atoms with Crippen molar-refractivity contribution in [3.05, 3.63) is 47.7 Å². The van der Waals surface area contributed by atoms with Gasteiger partial charge >= 0.3 is 0 Å². The first-order chi connectivity index (χ1) is 13.8. The second-order valence-electron chi connectivity index (χ2n) is 6.51. The van der Waals surface area contributed by atoms with Crippen LogP contribution in [0.5, 0.6) is 0 Å². The van der Waals surface area contributed by atoms with Crippen molar-refractivity contribution in [2.24, 2.45) is 0 Å². The Morgan fingerprint density at radius 3 is 2.86 bits per heavy atom. The standard InChI is InChI=1S/C20H22N4O3S/c25-18(8-3-9-19-22-20(23-27-19)17-7-4-14-28-17)21-15-5-1-2-6-16(15)24-10-12-26-13-11-24/h1-2,4-7,14H,3,8-13H2,(H,21,25). The number of anilines is 2. The maximum atomic E-state index is 12.4. The van der Waals surface area contributed by atoms with Crippen LogP contribution in [-0.4, -0.2) is 42.4 Å². The van der Waals surface area contributed by atoms with Crippen LogP contribution in [0.25, 0.3) is 10.7 Å². The third-order valence-corrected chi connectivity index (χ3v) is 5.40. The first kappa shape index (κ1) is 18.6. The Morgan fingerprint density at radius 2 is 2.04 bits per heavy atom. The van der Waals surface area contributed by atoms with E-state index in [1.54, 1.807) is 11.3 Å². The van der Waals surface area contributed by atoms with Gasteiger partial charge in [0.2, 0.25) is 17.6 Å². The quantitative estimate of drug-likeness (QED) is 0.655. The van der Waals surface area contributed by atoms with E-state index in [-0.39, 0.29) is 5.91 Å². The zero-order valence-electron chi connectivity index (χ0n) is 15.5. The Morgan fingerprint density at radius 1 is 1.18 bits per heavy atom. The number of para-hydroxylation sites is 2. The average molecular weight is 398 g/mol. The van der Waals surface area contributed by atoms with Gasteiger partial charge in [0, 0.05) is 25.9 Å². The molecule has 1 saturated heterocycles. The van der Waals surface area contributed by atoms with Gasteiger partial charge in [-0.25, -0.2) is 0 Å². The Hall–Kier alpha value is -2.71. The van der Waals surface area contributed by atoms with Crippen LogP contribution >= 0.6 is 11.3 Å². The molecule has 0 saturated carbocycles. The number of carbonyl (C=O) groups excluding carboxylic acids is 1. The second kappa shape index (κ2) is 8.99. The Bertz CT molecular complexity index is 904. The number of nitrogens with zero attached hydrogens (tertiary/aromatic N) is 3. The summed E-state index contributed by atoms with van der Waals surface area (Å²) < 4.78 is 10.7. The Labute approximate surface area is 167 Å². The number of carbonyl (C=O) groups is 1. The van der Waals surface area contributed by atoms with Crippen LogP contribution in [0.3, 0.4) is 0 Å². The number of ether oxygens (including phenoxy) is 1. The number of hydrogen-bond donors (Lipinski definition) is 1. The van der Waals surface area contributed by atoms with E-state index in [0.29, 0.717) is 44.2 Å². The molecule has 2 aromatic heterocycles. The summed E-state index contributed by atoms with van der Waals surface area (Å²) in [5.74, 6) is 1.15. The zero-order valence-corrected chi connectivity index (χ0v) is 16.3. The number of aryl methyl sites for hydroxylation is 1. The van der Waals surface area contributed by atoms with Gasteiger partial charge < -0.3 is 19.5 Å². The van der Waals surface area contributed by atoms with Gasteiger partial charge in [-0.2, -0.15) is 4.98 Å². The highest BCUT2D eigenvalue weighted by molar-refractivity contribution is 7.13. The largest absolute Gasteiger partial charge is 0.378 e. The molecule has 0 atom stereocenters. The van der Waals surface area contributed by atoms with Crippen LogP contribution < -0.4 is 10.2 Å². The summed E-state index contributed by atoms with van der Waals surface area (Å²) in [6.07, 6.45) is 1.63. The number of aromatic nitrogens is 2. The Balaban J connectivity index is 1.29. The molecule has 1 amide bonds. The minimum Gasteiger partial charge on any atom is -0.378 e. The molecule has 3 aromatic rings. The molecule has 1 aliphatic rings. The van der Waals surface area contributed by atoms with Gasteiger partial charge in [-0.3, -0.25) is 4.79 Å². The van der Waals surface area contributed by atoms with Crippen LogP contribution in [-0.2, 0) is 16.0 Å². The van der Waals surface area contributed by atoms with E-state index in [2.05, 4.69) is 20.4 Å². The summed E-state index contributed by atoms with van der Waals surface area (Å²) in [6.45, 7) is 3.08. The Kier molecular flexibility index (Phi) is 5.98. The minimum atomic E-state index is -0.0151. The number of benzene rings is 1. The van der Waals surface area contributed by atoms with E-state index >= 15 is 0 Å². The molecule has 1 aromatic carbocycles. The lowest BCUT2D eigenvalue weighted by atomic mass is 10.2. The summed E-state index contributed by atoms with van der Waals surface area (Å²) in [5.41, 5.74) is 1.88. The highest BCUT2D eigenvalue weighted by Crippen LogP contribution is 2.26. The lowest BCUT2D eigenvalue weighted by Gasteiger charge is -2.30. The molecule has 1 N–H and O–H groups in total. The summed E-state index contributed by atoms with van der Waals surface area (Å²) in [5, 5.41) is 9.01. The first-order valence-corrected chi connectivity index (χ1v) is 10.3. The smallest absolute Gasteiger partial charge is 0.226 e. The van der Waals surface area contributed by atoms with Crippen molar-refractivity contribution in [1.82, 2.24) is 10.1 Å². The predicted molar refractivity (Wildman–Crippen MR) is 109 cm³/mol. The van der Waals surface area contributed by atoms with Crippen molar-refractivity contribution in [3.63, 3.8) is 0 Å². The number of hydrogen-bond acceptors (Lipinski definition) is 7. The van der Waals surface area contributed by atoms with E-state index < -0.39 is 0 Å². The van der Waals surface area contributed by atoms with E-state index in [1.165, 1.54) is 0 Å². The molecule has 0 bridgehead atoms. The molecule has 0 aliphatic carbocycles. The molecule has 0 unspecified atom stereocenters. The third kappa shape index (κ3) is 4.58. The van der Waals surface area contributed by atoms with Crippen molar-refractivity contribution in [1.29, 1.82) is 0 Å². The molecular weight excluding hydrogens is 376 g/mol. The fourth-order valence-electron chi connectivity index (χ4n) is 3.13. The second-order valence-corrected chi connectivity index (χ2v) is 7.46. The van der Waals surface area contributed by atoms with Crippen molar-refractivity contribution in [3.8, 4) is 10.7 Å². The molecule has 146 valence electrons. The molecule has 4 rings (SSSR count). The van der Waals surface area contributed by atoms with Gasteiger partial charge in [-0.15, -0.1) is 11.3 Å². The summed E-state index contributed by atoms with van der Waals surface area (Å²) in [6, 6.07) is 11.8. The lowest BCUT2D eigenvalue weighted by Crippen LogP contribution is -2.36. The topological polar surface area (TPSA) is 80.5 Å². The number of amides is 1. The number of nitrogens with one attached hydrogen (secondary N) is 1. The van der Waals surface area contributed by atoms with Gasteiger partial charge in [-0.1, -0.05) is 23.4 Å². The van der Waals surface area contributed by atoms with Gasteiger partial charge in [0.25, 0.3) is 0 Å². The van der Waals surface area contributed by atoms with Crippen molar-refractivity contribution >= 4 is 28.6 Å². The average Bonchev–Trinajstić information content (AvgIpc) is 3.41. The molecule has 0 radical (unpaired) electrons. The minimum absolute atomic E-state index is 0.0151. The van der Waals surface area contributed by atoms with E-state index in [4.69, 9.17) is 9.26 Å². The van der Waals surface area contributed by atoms with Gasteiger partial charge in [0.15, 0.2) is 0 Å². The summed E-state index contributed by atoms with van der Waals surface area (Å²) in [7, 11) is 0. The SMILES string of the molecule is O=C(CCCc1nc(-c2cccs2)no1)Nc1ccccc1N1CCOCC1. The molecule has 8 heteroatoms. The maximum absolute atomic E-state index is 12.4. The highest BCUT2D eigenvalue weighted by atomic mass is 32.1. The molecule has 1 aliphatic heterocycles. The zero-order chi connectivity index (χ0) is 19.2. The predicted octanol–water partition coefficient (Wildman–Crippen LogP) is 3.60. The normalized spacial score (nSPS) is 14.2. The van der Waals surface area contributed by atoms with Crippen LogP contribution in [0.1, 0.15) is 18.7 Å². The van der Waals surface area contributed by atoms with Crippen molar-refractivity contribution < 1.29 is 14.1 Å². The van der Waals surface area contributed by atoms with Crippen molar-refractivity contribution in [2.45, 2.75) is 19.3 Å². The fourth-order valence-corrected chi connectivity index (χ4v) is 3.78. The van der Waals surface area contributed by atoms with E-state index in [9.17, 15) is 4.79 Å². The fraction of sp³-hybridized carbons (Fsp3) is 0.350. The van der Waals surface area contributed by atoms with E-state index in [0.717, 1.165) is 29.3 Å². The number of morpholine rings is 1. The molecule has 3 heterocycles. The first-order valence-electron chi connectivity index (χ1n) is 9.37. The highest BCUT2D eigenvalue weighted by Gasteiger charge is 2.16. The molecule has 28 heavy (non-hydrogen) atoms. The number of thiophene rings is 1. The van der Waals surface area contributed by atoms with E-state index in [1.807, 2.05) is 41.8 Å². The third-order valence-electron chi connectivity index (χ3n) is 4.53. The molecule has 7 nitrogen and oxygen atoms in total.